The number of nitrogens with zero attached hydrogens (tertiary/aromatic N) is 5. The van der Waals surface area contributed by atoms with E-state index in [0.29, 0.717) is 18.3 Å². The summed E-state index contributed by atoms with van der Waals surface area (Å²) >= 11 is 0. The van der Waals surface area contributed by atoms with Gasteiger partial charge in [0.15, 0.2) is 11.3 Å². The van der Waals surface area contributed by atoms with Crippen LogP contribution in [0.5, 0.6) is 0 Å². The Balaban J connectivity index is 1.35. The summed E-state index contributed by atoms with van der Waals surface area (Å²) in [6, 6.07) is 14.3. The number of piperidine rings is 1. The van der Waals surface area contributed by atoms with Crippen molar-refractivity contribution in [3.8, 4) is 0 Å². The van der Waals surface area contributed by atoms with Crippen LogP contribution in [0.1, 0.15) is 28.9 Å². The van der Waals surface area contributed by atoms with Crippen molar-refractivity contribution in [3.63, 3.8) is 0 Å². The molecule has 0 bridgehead atoms. The van der Waals surface area contributed by atoms with E-state index in [1.165, 1.54) is 0 Å². The third kappa shape index (κ3) is 3.52. The zero-order valence-electron chi connectivity index (χ0n) is 16.3. The lowest BCUT2D eigenvalue weighted by Gasteiger charge is -2.45. The summed E-state index contributed by atoms with van der Waals surface area (Å²) in [5.74, 6) is -0.0168. The highest BCUT2D eigenvalue weighted by atomic mass is 16.3. The Hall–Kier alpha value is -2.77. The Morgan fingerprint density at radius 3 is 2.55 bits per heavy atom. The fourth-order valence-corrected chi connectivity index (χ4v) is 4.40. The molecule has 0 saturated carbocycles. The average Bonchev–Trinajstić information content (AvgIpc) is 3.10. The maximum Gasteiger partial charge on any atom is 0.275 e. The second-order valence-electron chi connectivity index (χ2n) is 8.00. The number of aliphatic hydroxyl groups excluding tert-OH is 1. The van der Waals surface area contributed by atoms with Gasteiger partial charge in [-0.1, -0.05) is 30.3 Å². The number of aromatic nitrogens is 3. The number of pyridine rings is 1. The van der Waals surface area contributed by atoms with Gasteiger partial charge in [0.05, 0.1) is 18.0 Å². The number of carbonyl (C=O) groups is 1. The van der Waals surface area contributed by atoms with Crippen molar-refractivity contribution >= 4 is 16.9 Å². The van der Waals surface area contributed by atoms with Crippen LogP contribution in [0.3, 0.4) is 0 Å². The molecular weight excluding hydrogens is 366 g/mol. The zero-order valence-corrected chi connectivity index (χ0v) is 16.3. The molecule has 7 nitrogen and oxygen atoms in total. The van der Waals surface area contributed by atoms with Crippen LogP contribution in [0, 0.1) is 0 Å². The van der Waals surface area contributed by atoms with Crippen LogP contribution >= 0.6 is 0 Å². The Morgan fingerprint density at radius 1 is 1.07 bits per heavy atom. The highest BCUT2D eigenvalue weighted by Crippen LogP contribution is 2.24. The molecule has 1 N–H and O–H groups in total. The quantitative estimate of drug-likeness (QED) is 0.734. The standard InChI is InChI=1S/C22H25N5O2/c28-18-14-26(15-18)17-8-11-25(12-9-17)22(29)20-19-7-4-10-23-21(19)27(24-20)13-16-5-2-1-3-6-16/h1-7,10,17-18,28H,8-9,11-15H2. The van der Waals surface area contributed by atoms with E-state index in [-0.39, 0.29) is 12.0 Å². The van der Waals surface area contributed by atoms with E-state index >= 15 is 0 Å². The molecule has 5 rings (SSSR count). The molecule has 150 valence electrons. The van der Waals surface area contributed by atoms with Gasteiger partial charge in [-0.15, -0.1) is 0 Å². The lowest BCUT2D eigenvalue weighted by atomic mass is 9.98. The minimum Gasteiger partial charge on any atom is -0.390 e. The molecule has 2 saturated heterocycles. The van der Waals surface area contributed by atoms with Crippen molar-refractivity contribution in [2.75, 3.05) is 26.2 Å². The summed E-state index contributed by atoms with van der Waals surface area (Å²) in [5.41, 5.74) is 2.35. The Kier molecular flexibility index (Phi) is 4.77. The minimum atomic E-state index is -0.179. The molecule has 4 heterocycles. The molecule has 0 radical (unpaired) electrons. The summed E-state index contributed by atoms with van der Waals surface area (Å²) in [4.78, 5) is 22.0. The topological polar surface area (TPSA) is 74.5 Å². The summed E-state index contributed by atoms with van der Waals surface area (Å²) in [6.45, 7) is 3.56. The number of β-amino-alcohol motifs (C(OH)–C–C–N with tert-alkyl or cyclic N) is 1. The summed E-state index contributed by atoms with van der Waals surface area (Å²) < 4.78 is 1.83. The molecule has 2 aliphatic rings. The van der Waals surface area contributed by atoms with Crippen LogP contribution in [-0.2, 0) is 6.54 Å². The molecule has 1 aromatic carbocycles. The smallest absolute Gasteiger partial charge is 0.275 e. The molecular formula is C22H25N5O2. The maximum absolute atomic E-state index is 13.3. The number of aliphatic hydroxyl groups is 1. The highest BCUT2D eigenvalue weighted by molar-refractivity contribution is 6.04. The second-order valence-corrected chi connectivity index (χ2v) is 8.00. The van der Waals surface area contributed by atoms with E-state index < -0.39 is 0 Å². The van der Waals surface area contributed by atoms with Crippen LogP contribution in [0.25, 0.3) is 11.0 Å². The largest absolute Gasteiger partial charge is 0.390 e. The van der Waals surface area contributed by atoms with Crippen LogP contribution in [0.4, 0.5) is 0 Å². The minimum absolute atomic E-state index is 0.0168. The van der Waals surface area contributed by atoms with Gasteiger partial charge in [0.1, 0.15) is 0 Å². The molecule has 2 fully saturated rings. The number of hydrogen-bond acceptors (Lipinski definition) is 5. The van der Waals surface area contributed by atoms with E-state index in [4.69, 9.17) is 0 Å². The van der Waals surface area contributed by atoms with Crippen molar-refractivity contribution in [1.82, 2.24) is 24.6 Å². The first-order valence-electron chi connectivity index (χ1n) is 10.3. The lowest BCUT2D eigenvalue weighted by molar-refractivity contribution is -0.0381. The van der Waals surface area contributed by atoms with Gasteiger partial charge in [-0.05, 0) is 30.5 Å². The molecule has 0 aliphatic carbocycles. The molecule has 2 aromatic heterocycles. The monoisotopic (exact) mass is 391 g/mol. The average molecular weight is 391 g/mol. The summed E-state index contributed by atoms with van der Waals surface area (Å²) in [5, 5.41) is 15.0. The number of fused-ring (bicyclic) bond motifs is 1. The predicted octanol–water partition coefficient (Wildman–Crippen LogP) is 1.76. The van der Waals surface area contributed by atoms with E-state index in [1.807, 2.05) is 39.9 Å². The molecule has 0 spiro atoms. The predicted molar refractivity (Wildman–Crippen MR) is 110 cm³/mol. The van der Waals surface area contributed by atoms with Gasteiger partial charge in [0, 0.05) is 38.4 Å². The van der Waals surface area contributed by atoms with Gasteiger partial charge in [-0.25, -0.2) is 9.67 Å². The van der Waals surface area contributed by atoms with Crippen LogP contribution < -0.4 is 0 Å². The Morgan fingerprint density at radius 2 is 1.83 bits per heavy atom. The molecule has 1 amide bonds. The Bertz CT molecular complexity index is 1000. The Labute approximate surface area is 169 Å². The van der Waals surface area contributed by atoms with E-state index in [9.17, 15) is 9.90 Å². The van der Waals surface area contributed by atoms with Gasteiger partial charge >= 0.3 is 0 Å². The first-order chi connectivity index (χ1) is 14.2. The van der Waals surface area contributed by atoms with Gasteiger partial charge in [0.25, 0.3) is 5.91 Å². The van der Waals surface area contributed by atoms with Gasteiger partial charge in [-0.3, -0.25) is 9.69 Å². The van der Waals surface area contributed by atoms with E-state index in [1.54, 1.807) is 6.20 Å². The highest BCUT2D eigenvalue weighted by Gasteiger charge is 2.34. The molecule has 29 heavy (non-hydrogen) atoms. The van der Waals surface area contributed by atoms with Crippen LogP contribution in [0.15, 0.2) is 48.7 Å². The van der Waals surface area contributed by atoms with Crippen molar-refractivity contribution in [2.45, 2.75) is 31.5 Å². The van der Waals surface area contributed by atoms with Gasteiger partial charge < -0.3 is 10.0 Å². The van der Waals surface area contributed by atoms with E-state index in [2.05, 4.69) is 27.1 Å². The fourth-order valence-electron chi connectivity index (χ4n) is 4.40. The van der Waals surface area contributed by atoms with Crippen molar-refractivity contribution in [1.29, 1.82) is 0 Å². The van der Waals surface area contributed by atoms with Crippen LogP contribution in [0.2, 0.25) is 0 Å². The molecule has 0 unspecified atom stereocenters. The van der Waals surface area contributed by atoms with Crippen molar-refractivity contribution in [3.05, 3.63) is 59.9 Å². The third-order valence-electron chi connectivity index (χ3n) is 6.04. The normalized spacial score (nSPS) is 18.9. The summed E-state index contributed by atoms with van der Waals surface area (Å²) in [6.07, 6.45) is 3.45. The van der Waals surface area contributed by atoms with Crippen molar-refractivity contribution in [2.24, 2.45) is 0 Å². The molecule has 7 heteroatoms. The lowest BCUT2D eigenvalue weighted by Crippen LogP contribution is -2.58. The first-order valence-corrected chi connectivity index (χ1v) is 10.3. The third-order valence-corrected chi connectivity index (χ3v) is 6.04. The maximum atomic E-state index is 13.3. The number of rotatable bonds is 4. The number of benzene rings is 1. The number of hydrogen-bond donors (Lipinski definition) is 1. The number of carbonyl (C=O) groups excluding carboxylic acids is 1. The summed E-state index contributed by atoms with van der Waals surface area (Å²) in [7, 11) is 0. The molecule has 2 aliphatic heterocycles. The van der Waals surface area contributed by atoms with Crippen molar-refractivity contribution < 1.29 is 9.90 Å². The number of likely N-dealkylation sites (tertiary alicyclic amines) is 2. The fraction of sp³-hybridized carbons (Fsp3) is 0.409. The molecule has 3 aromatic rings. The van der Waals surface area contributed by atoms with Crippen LogP contribution in [-0.4, -0.2) is 73.9 Å². The SMILES string of the molecule is O=C(c1nn(Cc2ccccc2)c2ncccc12)N1CCC(N2CC(O)C2)CC1. The molecule has 0 atom stereocenters. The second kappa shape index (κ2) is 7.57. The van der Waals surface area contributed by atoms with Gasteiger partial charge in [0.2, 0.25) is 0 Å². The van der Waals surface area contributed by atoms with E-state index in [0.717, 1.165) is 55.6 Å². The zero-order chi connectivity index (χ0) is 19.8. The first kappa shape index (κ1) is 18.3. The number of amides is 1. The van der Waals surface area contributed by atoms with Gasteiger partial charge in [-0.2, -0.15) is 5.10 Å².